The van der Waals surface area contributed by atoms with Crippen molar-refractivity contribution in [2.75, 3.05) is 18.6 Å². The van der Waals surface area contributed by atoms with Crippen LogP contribution >= 0.6 is 0 Å². The van der Waals surface area contributed by atoms with Crippen LogP contribution in [0.2, 0.25) is 0 Å². The van der Waals surface area contributed by atoms with Gasteiger partial charge in [0.05, 0.1) is 25.1 Å². The van der Waals surface area contributed by atoms with Crippen molar-refractivity contribution in [3.8, 4) is 5.75 Å². The minimum absolute atomic E-state index is 0.00474. The highest BCUT2D eigenvalue weighted by Crippen LogP contribution is 2.42. The van der Waals surface area contributed by atoms with E-state index in [2.05, 4.69) is 10.6 Å². The van der Waals surface area contributed by atoms with Gasteiger partial charge in [-0.05, 0) is 89.1 Å². The summed E-state index contributed by atoms with van der Waals surface area (Å²) >= 11 is 0. The van der Waals surface area contributed by atoms with Crippen molar-refractivity contribution in [3.05, 3.63) is 105 Å². The van der Waals surface area contributed by atoms with E-state index in [1.165, 1.54) is 24.2 Å². The number of nitro groups is 1. The fourth-order valence-electron chi connectivity index (χ4n) is 6.87. The smallest absolute Gasteiger partial charge is 0.334 e. The van der Waals surface area contributed by atoms with E-state index >= 15 is 0 Å². The van der Waals surface area contributed by atoms with Crippen molar-refractivity contribution in [1.29, 1.82) is 0 Å². The number of nitrogens with one attached hydrogen (secondary N) is 2. The second-order valence-corrected chi connectivity index (χ2v) is 17.4. The highest BCUT2D eigenvalue weighted by Gasteiger charge is 2.38. The Balaban J connectivity index is 2.27. The third-order valence-corrected chi connectivity index (χ3v) is 9.18. The summed E-state index contributed by atoms with van der Waals surface area (Å²) in [5.74, 6) is -2.50. The number of carbonyl (C=O) groups is 4. The SMILES string of the molecule is CCOC(=O)/C(=C/c1cc(OC)c(N(Cc2ccccc2)C(C(=O)NC(C)(C)C)C(C)C)c([N+](=O)[O-])c1)CC(=O)N(Cc1ccccc1)C(C(=O)NC(C)(C)C)C(C)C. The van der Waals surface area contributed by atoms with Crippen LogP contribution in [0.1, 0.15) is 99.3 Å². The van der Waals surface area contributed by atoms with Crippen molar-refractivity contribution in [3.63, 3.8) is 0 Å². The van der Waals surface area contributed by atoms with Gasteiger partial charge in [-0.15, -0.1) is 0 Å². The topological polar surface area (TPSA) is 160 Å². The molecule has 2 unspecified atom stereocenters. The lowest BCUT2D eigenvalue weighted by Crippen LogP contribution is -2.55. The van der Waals surface area contributed by atoms with Gasteiger partial charge in [0.25, 0.3) is 5.69 Å². The van der Waals surface area contributed by atoms with Gasteiger partial charge in [-0.25, -0.2) is 4.79 Å². The summed E-state index contributed by atoms with van der Waals surface area (Å²) in [6.45, 7) is 20.5. The number of hydrogen-bond acceptors (Lipinski definition) is 9. The van der Waals surface area contributed by atoms with E-state index in [0.717, 1.165) is 11.1 Å². The van der Waals surface area contributed by atoms with E-state index in [1.54, 1.807) is 17.9 Å². The fourth-order valence-corrected chi connectivity index (χ4v) is 6.87. The molecule has 0 aromatic heterocycles. The highest BCUT2D eigenvalue weighted by molar-refractivity contribution is 6.00. The maximum Gasteiger partial charge on any atom is 0.334 e. The summed E-state index contributed by atoms with van der Waals surface area (Å²) in [4.78, 5) is 71.6. The van der Waals surface area contributed by atoms with Crippen molar-refractivity contribution >= 4 is 41.1 Å². The van der Waals surface area contributed by atoms with Gasteiger partial charge in [0.1, 0.15) is 17.8 Å². The van der Waals surface area contributed by atoms with E-state index < -0.39 is 46.4 Å². The van der Waals surface area contributed by atoms with Crippen LogP contribution in [0.15, 0.2) is 78.4 Å². The molecule has 0 aliphatic rings. The average molecular weight is 814 g/mol. The van der Waals surface area contributed by atoms with Crippen LogP contribution in [-0.4, -0.2) is 70.4 Å². The molecular formula is C46H63N5O8. The molecular weight excluding hydrogens is 751 g/mol. The zero-order valence-electron chi connectivity index (χ0n) is 36.8. The maximum absolute atomic E-state index is 14.5. The number of rotatable bonds is 18. The van der Waals surface area contributed by atoms with Gasteiger partial charge in [0, 0.05) is 35.8 Å². The molecule has 3 aromatic rings. The second kappa shape index (κ2) is 20.8. The van der Waals surface area contributed by atoms with Crippen LogP contribution in [0.5, 0.6) is 5.75 Å². The van der Waals surface area contributed by atoms with Crippen molar-refractivity contribution in [2.24, 2.45) is 11.8 Å². The monoisotopic (exact) mass is 813 g/mol. The summed E-state index contributed by atoms with van der Waals surface area (Å²) < 4.78 is 11.3. The van der Waals surface area contributed by atoms with Crippen LogP contribution < -0.4 is 20.3 Å². The lowest BCUT2D eigenvalue weighted by atomic mass is 9.96. The van der Waals surface area contributed by atoms with Gasteiger partial charge < -0.3 is 29.9 Å². The Morgan fingerprint density at radius 3 is 1.71 bits per heavy atom. The Bertz CT molecular complexity index is 1950. The first kappa shape index (κ1) is 47.7. The molecule has 2 atom stereocenters. The number of anilines is 1. The number of amides is 3. The number of nitrogens with zero attached hydrogens (tertiary/aromatic N) is 3. The maximum atomic E-state index is 14.5. The summed E-state index contributed by atoms with van der Waals surface area (Å²) in [6, 6.07) is 19.6. The number of ether oxygens (including phenoxy) is 2. The number of benzene rings is 3. The van der Waals surface area contributed by atoms with Crippen molar-refractivity contribution < 1.29 is 33.6 Å². The van der Waals surface area contributed by atoms with Crippen LogP contribution in [0.25, 0.3) is 6.08 Å². The molecule has 0 radical (unpaired) electrons. The molecule has 59 heavy (non-hydrogen) atoms. The molecule has 0 saturated heterocycles. The Hall–Kier alpha value is -5.72. The predicted octanol–water partition coefficient (Wildman–Crippen LogP) is 7.85. The van der Waals surface area contributed by atoms with Gasteiger partial charge in [0.2, 0.25) is 17.7 Å². The van der Waals surface area contributed by atoms with E-state index in [4.69, 9.17) is 9.47 Å². The lowest BCUT2D eigenvalue weighted by molar-refractivity contribution is -0.384. The van der Waals surface area contributed by atoms with Gasteiger partial charge in [-0.2, -0.15) is 0 Å². The Morgan fingerprint density at radius 2 is 1.27 bits per heavy atom. The molecule has 0 heterocycles. The van der Waals surface area contributed by atoms with Crippen LogP contribution in [0.3, 0.4) is 0 Å². The Labute approximate surface area is 349 Å². The van der Waals surface area contributed by atoms with E-state index in [-0.39, 0.29) is 71.6 Å². The van der Waals surface area contributed by atoms with Gasteiger partial charge in [0.15, 0.2) is 5.69 Å². The summed E-state index contributed by atoms with van der Waals surface area (Å²) in [5.41, 5.74) is 0.232. The van der Waals surface area contributed by atoms with Gasteiger partial charge >= 0.3 is 5.97 Å². The quantitative estimate of drug-likeness (QED) is 0.0564. The molecule has 0 aliphatic carbocycles. The number of methoxy groups -OCH3 is 1. The minimum atomic E-state index is -0.897. The molecule has 0 spiro atoms. The first-order chi connectivity index (χ1) is 27.6. The Morgan fingerprint density at radius 1 is 0.780 bits per heavy atom. The van der Waals surface area contributed by atoms with E-state index in [1.807, 2.05) is 130 Å². The van der Waals surface area contributed by atoms with Crippen LogP contribution in [0, 0.1) is 22.0 Å². The van der Waals surface area contributed by atoms with Crippen molar-refractivity contribution in [1.82, 2.24) is 15.5 Å². The molecule has 0 fully saturated rings. The van der Waals surface area contributed by atoms with E-state index in [0.29, 0.717) is 0 Å². The van der Waals surface area contributed by atoms with Gasteiger partial charge in [-0.3, -0.25) is 24.5 Å². The third-order valence-electron chi connectivity index (χ3n) is 9.18. The zero-order chi connectivity index (χ0) is 44.2. The first-order valence-corrected chi connectivity index (χ1v) is 20.1. The minimum Gasteiger partial charge on any atom is -0.494 e. The molecule has 0 aliphatic heterocycles. The highest BCUT2D eigenvalue weighted by atomic mass is 16.6. The molecule has 13 heteroatoms. The molecule has 3 amide bonds. The standard InChI is InChI=1S/C46H63N5O8/c1-13-59-44(55)35(27-38(52)49(28-32-20-16-14-17-21-32)39(30(2)3)42(53)47-45(6,7)8)24-34-25-36(51(56)57)41(37(26-34)58-12)50(29-33-22-18-15-19-23-33)40(31(4)5)43(54)48-46(9,10)11/h14-26,30-31,39-40H,13,27-29H2,1-12H3,(H,47,53)(H,48,54)/b35-24+. The fraction of sp³-hybridized carbons (Fsp3) is 0.478. The third kappa shape index (κ3) is 14.0. The molecule has 320 valence electrons. The molecule has 3 rings (SSSR count). The molecule has 0 saturated carbocycles. The van der Waals surface area contributed by atoms with E-state index in [9.17, 15) is 29.3 Å². The summed E-state index contributed by atoms with van der Waals surface area (Å²) in [7, 11) is 1.38. The molecule has 2 N–H and O–H groups in total. The van der Waals surface area contributed by atoms with Crippen LogP contribution in [-0.2, 0) is 37.0 Å². The van der Waals surface area contributed by atoms with Crippen molar-refractivity contribution in [2.45, 2.75) is 119 Å². The Kier molecular flexibility index (Phi) is 16.8. The first-order valence-electron chi connectivity index (χ1n) is 20.1. The lowest BCUT2D eigenvalue weighted by Gasteiger charge is -2.37. The summed E-state index contributed by atoms with van der Waals surface area (Å²) in [6.07, 6.45) is 0.904. The number of nitro benzene ring substituents is 1. The second-order valence-electron chi connectivity index (χ2n) is 17.4. The summed E-state index contributed by atoms with van der Waals surface area (Å²) in [5, 5.41) is 19.1. The largest absolute Gasteiger partial charge is 0.494 e. The van der Waals surface area contributed by atoms with Crippen LogP contribution in [0.4, 0.5) is 11.4 Å². The van der Waals surface area contributed by atoms with Gasteiger partial charge in [-0.1, -0.05) is 88.4 Å². The normalized spacial score (nSPS) is 13.0. The number of carbonyl (C=O) groups excluding carboxylic acids is 4. The molecule has 3 aromatic carbocycles. The average Bonchev–Trinajstić information content (AvgIpc) is 3.12. The number of esters is 1. The zero-order valence-corrected chi connectivity index (χ0v) is 36.8. The number of hydrogen-bond donors (Lipinski definition) is 2. The molecule has 13 nitrogen and oxygen atoms in total. The predicted molar refractivity (Wildman–Crippen MR) is 232 cm³/mol. The molecule has 0 bridgehead atoms.